The van der Waals surface area contributed by atoms with Gasteiger partial charge in [-0.1, -0.05) is 0 Å². The number of aliphatic hydroxyl groups excluding tert-OH is 8. The van der Waals surface area contributed by atoms with Crippen molar-refractivity contribution in [2.75, 3.05) is 19.8 Å². The maximum absolute atomic E-state index is 10.4. The average Bonchev–Trinajstić information content (AvgIpc) is 3.53. The largest absolute Gasteiger partial charge is 0.388 e. The molecule has 9 N–H and O–H groups in total. The molecule has 198 valence electrons. The second-order valence-corrected chi connectivity index (χ2v) is 9.52. The van der Waals surface area contributed by atoms with Crippen LogP contribution < -0.4 is 0 Å². The molecule has 4 aliphatic rings. The number of hydrogen-bond acceptors (Lipinski definition) is 14. The first-order valence-corrected chi connectivity index (χ1v) is 11.3. The molecule has 0 aromatic rings. The second kappa shape index (κ2) is 10.1. The Balaban J connectivity index is 1.31. The summed E-state index contributed by atoms with van der Waals surface area (Å²) in [6, 6.07) is 0. The predicted molar refractivity (Wildman–Crippen MR) is 106 cm³/mol. The van der Waals surface area contributed by atoms with Gasteiger partial charge in [-0.3, -0.25) is 0 Å². The third-order valence-electron chi connectivity index (χ3n) is 7.28. The summed E-state index contributed by atoms with van der Waals surface area (Å²) in [7, 11) is 0. The summed E-state index contributed by atoms with van der Waals surface area (Å²) in [5.74, 6) is -0.387. The van der Waals surface area contributed by atoms with Gasteiger partial charge in [-0.15, -0.1) is 0 Å². The van der Waals surface area contributed by atoms with Crippen LogP contribution in [0.15, 0.2) is 0 Å². The predicted octanol–water partition coefficient (Wildman–Crippen LogP) is -5.47. The van der Waals surface area contributed by atoms with Crippen LogP contribution in [0.3, 0.4) is 0 Å². The Bertz CT molecular complexity index is 670. The minimum absolute atomic E-state index is 0.308. The van der Waals surface area contributed by atoms with Crippen molar-refractivity contribution < 1.29 is 69.6 Å². The molecule has 1 aliphatic carbocycles. The molecule has 1 saturated carbocycles. The third-order valence-corrected chi connectivity index (χ3v) is 7.28. The van der Waals surface area contributed by atoms with Crippen LogP contribution in [-0.2, 0) is 23.7 Å². The van der Waals surface area contributed by atoms with E-state index in [2.05, 4.69) is 0 Å². The molecule has 0 spiro atoms. The van der Waals surface area contributed by atoms with Gasteiger partial charge in [-0.2, -0.15) is 0 Å². The number of hydrogen-bond donors (Lipinski definition) is 9. The van der Waals surface area contributed by atoms with E-state index in [0.29, 0.717) is 6.42 Å². The van der Waals surface area contributed by atoms with Gasteiger partial charge >= 0.3 is 0 Å². The third kappa shape index (κ3) is 4.86. The zero-order chi connectivity index (χ0) is 24.9. The van der Waals surface area contributed by atoms with Crippen LogP contribution in [0, 0.1) is 5.92 Å². The molecule has 0 amide bonds. The fourth-order valence-corrected chi connectivity index (χ4v) is 4.73. The first kappa shape index (κ1) is 26.5. The van der Waals surface area contributed by atoms with Crippen molar-refractivity contribution in [2.24, 2.45) is 5.92 Å². The summed E-state index contributed by atoms with van der Waals surface area (Å²) in [4.78, 5) is 0. The second-order valence-electron chi connectivity index (χ2n) is 9.52. The van der Waals surface area contributed by atoms with Gasteiger partial charge in [-0.05, 0) is 13.3 Å². The molecule has 14 heteroatoms. The highest BCUT2D eigenvalue weighted by molar-refractivity contribution is 5.13. The molecule has 15 atom stereocenters. The fourth-order valence-electron chi connectivity index (χ4n) is 4.73. The summed E-state index contributed by atoms with van der Waals surface area (Å²) >= 11 is 0. The van der Waals surface area contributed by atoms with Gasteiger partial charge in [0.2, 0.25) is 0 Å². The zero-order valence-corrected chi connectivity index (χ0v) is 18.5. The maximum atomic E-state index is 10.4. The Morgan fingerprint density at radius 1 is 0.735 bits per heavy atom. The van der Waals surface area contributed by atoms with Crippen molar-refractivity contribution in [3.8, 4) is 0 Å². The standard InChI is InChI=1S/C20H34O14/c1-6-20(29)2-7(20)11(21)19(33-6)32-4-9-13(23)15(25)12(22)8(3-30-9)31-5-10-14(24)16(26)17(27)18(28)34-10/h6-19,21-29H,2-5H2,1H3. The number of aliphatic hydroxyl groups is 9. The van der Waals surface area contributed by atoms with Crippen molar-refractivity contribution in [1.82, 2.24) is 0 Å². The Morgan fingerprint density at radius 3 is 2.06 bits per heavy atom. The smallest absolute Gasteiger partial charge is 0.184 e. The van der Waals surface area contributed by atoms with Crippen molar-refractivity contribution >= 4 is 0 Å². The molecule has 14 nitrogen and oxygen atoms in total. The van der Waals surface area contributed by atoms with E-state index in [1.807, 2.05) is 0 Å². The van der Waals surface area contributed by atoms with E-state index in [1.165, 1.54) is 0 Å². The van der Waals surface area contributed by atoms with Crippen LogP contribution in [0.25, 0.3) is 0 Å². The van der Waals surface area contributed by atoms with Gasteiger partial charge in [0.05, 0.1) is 31.5 Å². The summed E-state index contributed by atoms with van der Waals surface area (Å²) in [5.41, 5.74) is -1.08. The topological polar surface area (TPSA) is 228 Å². The number of ether oxygens (including phenoxy) is 5. The van der Waals surface area contributed by atoms with Crippen LogP contribution in [0.2, 0.25) is 0 Å². The fraction of sp³-hybridized carbons (Fsp3) is 1.00. The Hall–Kier alpha value is -0.560. The van der Waals surface area contributed by atoms with E-state index in [9.17, 15) is 46.0 Å². The van der Waals surface area contributed by atoms with Gasteiger partial charge in [0, 0.05) is 5.92 Å². The number of rotatable bonds is 6. The monoisotopic (exact) mass is 498 g/mol. The summed E-state index contributed by atoms with van der Waals surface area (Å²) in [5, 5.41) is 90.7. The lowest BCUT2D eigenvalue weighted by molar-refractivity contribution is -0.292. The molecule has 0 radical (unpaired) electrons. The quantitative estimate of drug-likeness (QED) is 0.166. The van der Waals surface area contributed by atoms with Crippen molar-refractivity contribution in [1.29, 1.82) is 0 Å². The molecule has 34 heavy (non-hydrogen) atoms. The van der Waals surface area contributed by atoms with Gasteiger partial charge in [0.15, 0.2) is 12.6 Å². The van der Waals surface area contributed by atoms with E-state index in [-0.39, 0.29) is 19.1 Å². The Morgan fingerprint density at radius 2 is 1.35 bits per heavy atom. The zero-order valence-electron chi connectivity index (χ0n) is 18.5. The summed E-state index contributed by atoms with van der Waals surface area (Å²) in [6.07, 6.45) is -17.6. The highest BCUT2D eigenvalue weighted by Crippen LogP contribution is 2.53. The minimum Gasteiger partial charge on any atom is -0.388 e. The lowest BCUT2D eigenvalue weighted by atomic mass is 9.99. The van der Waals surface area contributed by atoms with Crippen LogP contribution in [-0.4, -0.2) is 151 Å². The summed E-state index contributed by atoms with van der Waals surface area (Å²) in [6.45, 7) is 0.596. The number of fused-ring (bicyclic) bond motifs is 1. The van der Waals surface area contributed by atoms with E-state index in [0.717, 1.165) is 0 Å². The van der Waals surface area contributed by atoms with E-state index in [4.69, 9.17) is 23.7 Å². The first-order chi connectivity index (χ1) is 16.0. The SMILES string of the molecule is CC1OC(OCC2OCC(OCC3OC(O)C(O)C(O)C3O)C(O)C(O)C2O)C(O)C2CC12O. The summed E-state index contributed by atoms with van der Waals surface area (Å²) < 4.78 is 27.1. The van der Waals surface area contributed by atoms with E-state index >= 15 is 0 Å². The normalized spacial score (nSPS) is 55.9. The van der Waals surface area contributed by atoms with Gasteiger partial charge < -0.3 is 69.6 Å². The average molecular weight is 498 g/mol. The molecule has 0 bridgehead atoms. The van der Waals surface area contributed by atoms with Crippen LogP contribution in [0.1, 0.15) is 13.3 Å². The molecule has 4 fully saturated rings. The molecule has 0 aromatic heterocycles. The maximum Gasteiger partial charge on any atom is 0.184 e. The highest BCUT2D eigenvalue weighted by atomic mass is 16.7. The molecule has 3 heterocycles. The van der Waals surface area contributed by atoms with Gasteiger partial charge in [0.25, 0.3) is 0 Å². The Kier molecular flexibility index (Phi) is 7.85. The highest BCUT2D eigenvalue weighted by Gasteiger charge is 2.66. The van der Waals surface area contributed by atoms with Crippen molar-refractivity contribution in [3.63, 3.8) is 0 Å². The molecule has 3 aliphatic heterocycles. The molecule has 3 saturated heterocycles. The van der Waals surface area contributed by atoms with Crippen LogP contribution in [0.4, 0.5) is 0 Å². The Labute approximate surface area is 194 Å². The molecule has 0 aromatic carbocycles. The van der Waals surface area contributed by atoms with E-state index < -0.39 is 91.9 Å². The van der Waals surface area contributed by atoms with Gasteiger partial charge in [0.1, 0.15) is 61.0 Å². The lowest BCUT2D eigenvalue weighted by Gasteiger charge is -2.38. The molecular formula is C20H34O14. The molecular weight excluding hydrogens is 464 g/mol. The lowest BCUT2D eigenvalue weighted by Crippen LogP contribution is -2.59. The minimum atomic E-state index is -1.76. The van der Waals surface area contributed by atoms with Crippen LogP contribution >= 0.6 is 0 Å². The molecule has 4 rings (SSSR count). The van der Waals surface area contributed by atoms with Crippen molar-refractivity contribution in [3.05, 3.63) is 0 Å². The van der Waals surface area contributed by atoms with Crippen molar-refractivity contribution in [2.45, 2.75) is 98.7 Å². The first-order valence-electron chi connectivity index (χ1n) is 11.3. The molecule has 15 unspecified atom stereocenters. The van der Waals surface area contributed by atoms with Crippen LogP contribution in [0.5, 0.6) is 0 Å². The van der Waals surface area contributed by atoms with E-state index in [1.54, 1.807) is 6.92 Å². The van der Waals surface area contributed by atoms with Gasteiger partial charge in [-0.25, -0.2) is 0 Å².